The van der Waals surface area contributed by atoms with E-state index in [2.05, 4.69) is 42.5 Å². The van der Waals surface area contributed by atoms with Crippen LogP contribution in [0.15, 0.2) is 102 Å². The van der Waals surface area contributed by atoms with Crippen LogP contribution in [0.25, 0.3) is 6.08 Å². The second-order valence-corrected chi connectivity index (χ2v) is 7.94. The molecule has 2 aliphatic rings. The van der Waals surface area contributed by atoms with Gasteiger partial charge in [-0.15, -0.1) is 0 Å². The number of carbonyl (C=O) groups is 1. The Labute approximate surface area is 177 Å². The molecule has 0 unspecified atom stereocenters. The molecule has 1 fully saturated rings. The van der Waals surface area contributed by atoms with Crippen LogP contribution in [-0.2, 0) is 0 Å². The lowest BCUT2D eigenvalue weighted by molar-refractivity contribution is 0.0681. The van der Waals surface area contributed by atoms with Gasteiger partial charge in [0.15, 0.2) is 0 Å². The number of benzene rings is 3. The Kier molecular flexibility index (Phi) is 5.02. The molecule has 2 atom stereocenters. The maximum Gasteiger partial charge on any atom is 0.274 e. The average molecular weight is 393 g/mol. The van der Waals surface area contributed by atoms with E-state index in [0.717, 1.165) is 30.5 Å². The van der Waals surface area contributed by atoms with Crippen LogP contribution in [0.4, 0.5) is 0 Å². The number of hydrazone groups is 1. The zero-order valence-corrected chi connectivity index (χ0v) is 16.8. The smallest absolute Gasteiger partial charge is 0.267 e. The van der Waals surface area contributed by atoms with Crippen LogP contribution in [0, 0.1) is 5.92 Å². The van der Waals surface area contributed by atoms with Crippen molar-refractivity contribution < 1.29 is 4.79 Å². The summed E-state index contributed by atoms with van der Waals surface area (Å²) in [5.74, 6) is 0.189. The van der Waals surface area contributed by atoms with Crippen molar-refractivity contribution in [3.05, 3.63) is 113 Å². The molecule has 0 aromatic heterocycles. The van der Waals surface area contributed by atoms with Gasteiger partial charge in [-0.25, -0.2) is 5.01 Å². The van der Waals surface area contributed by atoms with Crippen LogP contribution in [0.3, 0.4) is 0 Å². The molecule has 5 rings (SSSR count). The first-order valence-corrected chi connectivity index (χ1v) is 10.6. The molecule has 3 nitrogen and oxygen atoms in total. The number of amides is 1. The van der Waals surface area contributed by atoms with E-state index in [1.54, 1.807) is 5.01 Å². The molecular formula is C27H24N2O. The normalized spacial score (nSPS) is 21.9. The summed E-state index contributed by atoms with van der Waals surface area (Å²) in [5, 5.41) is 6.68. The minimum Gasteiger partial charge on any atom is -0.267 e. The van der Waals surface area contributed by atoms with Gasteiger partial charge in [0, 0.05) is 11.5 Å². The lowest BCUT2D eigenvalue weighted by Crippen LogP contribution is -2.31. The molecule has 3 aromatic rings. The predicted molar refractivity (Wildman–Crippen MR) is 121 cm³/mol. The van der Waals surface area contributed by atoms with Crippen molar-refractivity contribution >= 4 is 17.7 Å². The van der Waals surface area contributed by atoms with Crippen LogP contribution in [0.2, 0.25) is 0 Å². The van der Waals surface area contributed by atoms with Crippen molar-refractivity contribution in [2.75, 3.05) is 0 Å². The highest BCUT2D eigenvalue weighted by atomic mass is 16.2. The van der Waals surface area contributed by atoms with Crippen molar-refractivity contribution in [1.29, 1.82) is 0 Å². The largest absolute Gasteiger partial charge is 0.274 e. The fourth-order valence-electron chi connectivity index (χ4n) is 4.61. The highest BCUT2D eigenvalue weighted by Gasteiger charge is 2.43. The predicted octanol–water partition coefficient (Wildman–Crippen LogP) is 6.12. The monoisotopic (exact) mass is 392 g/mol. The topological polar surface area (TPSA) is 32.7 Å². The second kappa shape index (κ2) is 8.11. The van der Waals surface area contributed by atoms with Crippen LogP contribution < -0.4 is 0 Å². The number of hydrogen-bond acceptors (Lipinski definition) is 2. The number of fused-ring (bicyclic) bond motifs is 1. The Hall–Kier alpha value is -3.46. The zero-order valence-electron chi connectivity index (χ0n) is 16.8. The Morgan fingerprint density at radius 2 is 1.50 bits per heavy atom. The van der Waals surface area contributed by atoms with Gasteiger partial charge in [-0.3, -0.25) is 4.79 Å². The molecule has 1 saturated carbocycles. The van der Waals surface area contributed by atoms with Crippen molar-refractivity contribution in [3.63, 3.8) is 0 Å². The van der Waals surface area contributed by atoms with E-state index in [1.165, 1.54) is 11.1 Å². The molecule has 1 aliphatic carbocycles. The van der Waals surface area contributed by atoms with Gasteiger partial charge in [-0.05, 0) is 54.2 Å². The van der Waals surface area contributed by atoms with Gasteiger partial charge in [-0.1, -0.05) is 78.9 Å². The molecular weight excluding hydrogens is 368 g/mol. The molecule has 3 heteroatoms. The van der Waals surface area contributed by atoms with Gasteiger partial charge >= 0.3 is 0 Å². The van der Waals surface area contributed by atoms with Gasteiger partial charge in [0.1, 0.15) is 0 Å². The Balaban J connectivity index is 1.58. The maximum absolute atomic E-state index is 13.4. The number of rotatable bonds is 3. The summed E-state index contributed by atoms with van der Waals surface area (Å²) >= 11 is 0. The summed E-state index contributed by atoms with van der Waals surface area (Å²) in [6, 6.07) is 30.1. The number of hydrogen-bond donors (Lipinski definition) is 0. The van der Waals surface area contributed by atoms with Crippen LogP contribution in [0.1, 0.15) is 46.8 Å². The minimum absolute atomic E-state index is 0.0367. The molecule has 0 bridgehead atoms. The summed E-state index contributed by atoms with van der Waals surface area (Å²) in [5.41, 5.74) is 5.33. The summed E-state index contributed by atoms with van der Waals surface area (Å²) in [6.45, 7) is 0. The quantitative estimate of drug-likeness (QED) is 0.528. The average Bonchev–Trinajstić information content (AvgIpc) is 3.21. The summed E-state index contributed by atoms with van der Waals surface area (Å²) in [6.07, 6.45) is 5.39. The number of carbonyl (C=O) groups excluding carboxylic acids is 1. The van der Waals surface area contributed by atoms with Gasteiger partial charge < -0.3 is 0 Å². The van der Waals surface area contributed by atoms with Crippen molar-refractivity contribution in [1.82, 2.24) is 5.01 Å². The molecule has 0 radical (unpaired) electrons. The summed E-state index contributed by atoms with van der Waals surface area (Å²) in [7, 11) is 0. The van der Waals surface area contributed by atoms with E-state index in [0.29, 0.717) is 5.56 Å². The van der Waals surface area contributed by atoms with Crippen LogP contribution in [-0.4, -0.2) is 16.6 Å². The fraction of sp³-hybridized carbons (Fsp3) is 0.185. The molecule has 148 valence electrons. The molecule has 0 spiro atoms. The number of allylic oxidation sites excluding steroid dienone is 1. The van der Waals surface area contributed by atoms with Gasteiger partial charge in [-0.2, -0.15) is 5.10 Å². The maximum atomic E-state index is 13.4. The third kappa shape index (κ3) is 3.48. The Morgan fingerprint density at radius 1 is 0.867 bits per heavy atom. The highest BCUT2D eigenvalue weighted by Crippen LogP contribution is 2.44. The minimum atomic E-state index is -0.0617. The van der Waals surface area contributed by atoms with E-state index in [4.69, 9.17) is 5.10 Å². The Bertz CT molecular complexity index is 1090. The standard InChI is InChI=1S/C27H24N2O/c30-27(22-15-8-3-9-16-22)29-26(21-13-6-2-7-14-21)24-18-10-17-23(25(24)28-29)19-20-11-4-1-5-12-20/h1-9,11-16,19,24,26H,10,17-18H2/b23-19+/t24-,26-/m1/s1. The van der Waals surface area contributed by atoms with Gasteiger partial charge in [0.05, 0.1) is 11.8 Å². The molecule has 1 heterocycles. The highest BCUT2D eigenvalue weighted by molar-refractivity contribution is 6.09. The van der Waals surface area contributed by atoms with E-state index in [-0.39, 0.29) is 17.9 Å². The van der Waals surface area contributed by atoms with E-state index < -0.39 is 0 Å². The second-order valence-electron chi connectivity index (χ2n) is 7.94. The molecule has 1 aliphatic heterocycles. The first-order valence-electron chi connectivity index (χ1n) is 10.6. The molecule has 1 amide bonds. The van der Waals surface area contributed by atoms with Crippen LogP contribution in [0.5, 0.6) is 0 Å². The SMILES string of the molecule is O=C(c1ccccc1)N1N=C2/C(=C/c3ccccc3)CCC[C@H]2[C@H]1c1ccccc1. The molecule has 0 saturated heterocycles. The fourth-order valence-corrected chi connectivity index (χ4v) is 4.61. The molecule has 30 heavy (non-hydrogen) atoms. The number of nitrogens with zero attached hydrogens (tertiary/aromatic N) is 2. The van der Waals surface area contributed by atoms with E-state index in [1.807, 2.05) is 54.6 Å². The third-order valence-corrected chi connectivity index (χ3v) is 6.01. The lowest BCUT2D eigenvalue weighted by Gasteiger charge is -2.29. The van der Waals surface area contributed by atoms with Gasteiger partial charge in [0.25, 0.3) is 5.91 Å². The zero-order chi connectivity index (χ0) is 20.3. The first-order chi connectivity index (χ1) is 14.8. The van der Waals surface area contributed by atoms with Crippen molar-refractivity contribution in [2.24, 2.45) is 11.0 Å². The van der Waals surface area contributed by atoms with Crippen LogP contribution >= 0.6 is 0 Å². The summed E-state index contributed by atoms with van der Waals surface area (Å²) in [4.78, 5) is 13.4. The summed E-state index contributed by atoms with van der Waals surface area (Å²) < 4.78 is 0. The molecule has 3 aromatic carbocycles. The molecule has 0 N–H and O–H groups in total. The van der Waals surface area contributed by atoms with Gasteiger partial charge in [0.2, 0.25) is 0 Å². The first kappa shape index (κ1) is 18.6. The third-order valence-electron chi connectivity index (χ3n) is 6.01. The lowest BCUT2D eigenvalue weighted by atomic mass is 9.77. The Morgan fingerprint density at radius 3 is 2.20 bits per heavy atom. The van der Waals surface area contributed by atoms with E-state index in [9.17, 15) is 4.79 Å². The van der Waals surface area contributed by atoms with Crippen molar-refractivity contribution in [3.8, 4) is 0 Å². The van der Waals surface area contributed by atoms with Crippen molar-refractivity contribution in [2.45, 2.75) is 25.3 Å². The van der Waals surface area contributed by atoms with E-state index >= 15 is 0 Å².